The third kappa shape index (κ3) is 2.69. The molecule has 1 unspecified atom stereocenters. The van der Waals surface area contributed by atoms with E-state index in [1.165, 1.54) is 5.69 Å². The molecule has 17 heavy (non-hydrogen) atoms. The molecule has 1 atom stereocenters. The van der Waals surface area contributed by atoms with Crippen molar-refractivity contribution in [2.45, 2.75) is 32.6 Å². The summed E-state index contributed by atoms with van der Waals surface area (Å²) in [5.74, 6) is 0. The molecule has 1 aliphatic heterocycles. The Balaban J connectivity index is 2.14. The number of nitrogens with zero attached hydrogens (tertiary/aromatic N) is 2. The lowest BCUT2D eigenvalue weighted by Crippen LogP contribution is -2.37. The topological polar surface area (TPSA) is 47.3 Å². The number of ether oxygens (including phenoxy) is 1. The highest BCUT2D eigenvalue weighted by molar-refractivity contribution is 5.12. The SMILES string of the molecule is CCc1cc(CC2(CO)CCCOC2)n(C)n1. The molecule has 96 valence electrons. The minimum absolute atomic E-state index is 0.100. The smallest absolute Gasteiger partial charge is 0.0624 e. The predicted molar refractivity (Wildman–Crippen MR) is 65.9 cm³/mol. The van der Waals surface area contributed by atoms with Crippen LogP contribution in [0.25, 0.3) is 0 Å². The first-order valence-electron chi connectivity index (χ1n) is 6.39. The van der Waals surface area contributed by atoms with Crippen molar-refractivity contribution in [1.82, 2.24) is 9.78 Å². The van der Waals surface area contributed by atoms with Gasteiger partial charge in [0.2, 0.25) is 0 Å². The molecule has 0 radical (unpaired) electrons. The van der Waals surface area contributed by atoms with E-state index in [4.69, 9.17) is 4.74 Å². The average Bonchev–Trinajstić information content (AvgIpc) is 2.71. The van der Waals surface area contributed by atoms with Gasteiger partial charge in [0.15, 0.2) is 0 Å². The van der Waals surface area contributed by atoms with Gasteiger partial charge in [-0.3, -0.25) is 4.68 Å². The summed E-state index contributed by atoms with van der Waals surface area (Å²) in [6, 6.07) is 2.14. The number of rotatable bonds is 4. The molecule has 2 heterocycles. The van der Waals surface area contributed by atoms with Gasteiger partial charge >= 0.3 is 0 Å². The van der Waals surface area contributed by atoms with E-state index in [-0.39, 0.29) is 12.0 Å². The molecule has 0 bridgehead atoms. The quantitative estimate of drug-likeness (QED) is 0.860. The Labute approximate surface area is 103 Å². The maximum Gasteiger partial charge on any atom is 0.0624 e. The lowest BCUT2D eigenvalue weighted by Gasteiger charge is -2.35. The molecule has 4 heteroatoms. The van der Waals surface area contributed by atoms with Crippen molar-refractivity contribution in [2.75, 3.05) is 19.8 Å². The van der Waals surface area contributed by atoms with Crippen LogP contribution in [-0.2, 0) is 24.6 Å². The third-order valence-electron chi connectivity index (χ3n) is 3.69. The lowest BCUT2D eigenvalue weighted by atomic mass is 9.79. The molecule has 1 aliphatic rings. The molecule has 1 aromatic rings. The molecule has 1 N–H and O–H groups in total. The molecule has 1 saturated heterocycles. The number of aliphatic hydroxyl groups excluding tert-OH is 1. The average molecular weight is 238 g/mol. The van der Waals surface area contributed by atoms with Crippen molar-refractivity contribution in [3.63, 3.8) is 0 Å². The highest BCUT2D eigenvalue weighted by atomic mass is 16.5. The van der Waals surface area contributed by atoms with Crippen molar-refractivity contribution in [3.8, 4) is 0 Å². The first-order chi connectivity index (χ1) is 8.19. The standard InChI is InChI=1S/C13H22N2O2/c1-3-11-7-12(15(2)14-11)8-13(9-16)5-4-6-17-10-13/h7,16H,3-6,8-10H2,1-2H3. The van der Waals surface area contributed by atoms with E-state index in [0.717, 1.165) is 38.0 Å². The van der Waals surface area contributed by atoms with Crippen LogP contribution < -0.4 is 0 Å². The summed E-state index contributed by atoms with van der Waals surface area (Å²) < 4.78 is 7.47. The van der Waals surface area contributed by atoms with Gasteiger partial charge in [-0.1, -0.05) is 6.92 Å². The normalized spacial score (nSPS) is 25.1. The third-order valence-corrected chi connectivity index (χ3v) is 3.69. The van der Waals surface area contributed by atoms with E-state index in [1.807, 2.05) is 11.7 Å². The second-order valence-corrected chi connectivity index (χ2v) is 5.10. The van der Waals surface area contributed by atoms with Gasteiger partial charge < -0.3 is 9.84 Å². The van der Waals surface area contributed by atoms with Crippen LogP contribution in [0.1, 0.15) is 31.2 Å². The van der Waals surface area contributed by atoms with Crippen LogP contribution in [0.2, 0.25) is 0 Å². The summed E-state index contributed by atoms with van der Waals surface area (Å²) in [6.07, 6.45) is 3.89. The zero-order valence-electron chi connectivity index (χ0n) is 10.8. The van der Waals surface area contributed by atoms with E-state index < -0.39 is 0 Å². The van der Waals surface area contributed by atoms with Crippen LogP contribution in [0.4, 0.5) is 0 Å². The zero-order valence-corrected chi connectivity index (χ0v) is 10.8. The summed E-state index contributed by atoms with van der Waals surface area (Å²) in [5.41, 5.74) is 2.21. The first-order valence-corrected chi connectivity index (χ1v) is 6.39. The minimum Gasteiger partial charge on any atom is -0.396 e. The van der Waals surface area contributed by atoms with Crippen molar-refractivity contribution in [2.24, 2.45) is 12.5 Å². The molecule has 2 rings (SSSR count). The Morgan fingerprint density at radius 3 is 2.94 bits per heavy atom. The summed E-state index contributed by atoms with van der Waals surface area (Å²) in [4.78, 5) is 0. The Bertz CT molecular complexity index is 367. The minimum atomic E-state index is -0.100. The largest absolute Gasteiger partial charge is 0.396 e. The fourth-order valence-electron chi connectivity index (χ4n) is 2.52. The molecule has 0 aliphatic carbocycles. The molecule has 0 aromatic carbocycles. The van der Waals surface area contributed by atoms with E-state index >= 15 is 0 Å². The summed E-state index contributed by atoms with van der Waals surface area (Å²) in [5, 5.41) is 14.1. The Hall–Kier alpha value is -0.870. The Morgan fingerprint density at radius 2 is 2.41 bits per heavy atom. The van der Waals surface area contributed by atoms with Gasteiger partial charge in [-0.2, -0.15) is 5.10 Å². The lowest BCUT2D eigenvalue weighted by molar-refractivity contribution is -0.0387. The highest BCUT2D eigenvalue weighted by Gasteiger charge is 2.33. The maximum absolute atomic E-state index is 9.65. The second-order valence-electron chi connectivity index (χ2n) is 5.10. The highest BCUT2D eigenvalue weighted by Crippen LogP contribution is 2.32. The number of aliphatic hydroxyl groups is 1. The predicted octanol–water partition coefficient (Wildman–Crippen LogP) is 1.31. The fraction of sp³-hybridized carbons (Fsp3) is 0.769. The number of aromatic nitrogens is 2. The van der Waals surface area contributed by atoms with Crippen LogP contribution in [0.15, 0.2) is 6.07 Å². The van der Waals surface area contributed by atoms with Gasteiger partial charge in [0.05, 0.1) is 18.9 Å². The van der Waals surface area contributed by atoms with Crippen LogP contribution in [0.3, 0.4) is 0 Å². The molecule has 1 fully saturated rings. The number of aryl methyl sites for hydroxylation is 2. The van der Waals surface area contributed by atoms with E-state index in [0.29, 0.717) is 6.61 Å². The first kappa shape index (κ1) is 12.6. The zero-order chi connectivity index (χ0) is 12.3. The van der Waals surface area contributed by atoms with Crippen molar-refractivity contribution < 1.29 is 9.84 Å². The summed E-state index contributed by atoms with van der Waals surface area (Å²) >= 11 is 0. The van der Waals surface area contributed by atoms with E-state index in [1.54, 1.807) is 0 Å². The van der Waals surface area contributed by atoms with Gasteiger partial charge in [0, 0.05) is 24.8 Å². The molecular formula is C13H22N2O2. The Kier molecular flexibility index (Phi) is 3.84. The van der Waals surface area contributed by atoms with Gasteiger partial charge in [-0.25, -0.2) is 0 Å². The maximum atomic E-state index is 9.65. The van der Waals surface area contributed by atoms with Crippen molar-refractivity contribution >= 4 is 0 Å². The van der Waals surface area contributed by atoms with E-state index in [9.17, 15) is 5.11 Å². The van der Waals surface area contributed by atoms with E-state index in [2.05, 4.69) is 18.1 Å². The summed E-state index contributed by atoms with van der Waals surface area (Å²) in [6.45, 7) is 3.79. The molecular weight excluding hydrogens is 216 g/mol. The number of hydrogen-bond donors (Lipinski definition) is 1. The van der Waals surface area contributed by atoms with Crippen molar-refractivity contribution in [3.05, 3.63) is 17.5 Å². The van der Waals surface area contributed by atoms with Gasteiger partial charge in [-0.15, -0.1) is 0 Å². The Morgan fingerprint density at radius 1 is 1.59 bits per heavy atom. The fourth-order valence-corrected chi connectivity index (χ4v) is 2.52. The second kappa shape index (κ2) is 5.19. The molecule has 1 aromatic heterocycles. The van der Waals surface area contributed by atoms with Gasteiger partial charge in [0.1, 0.15) is 0 Å². The van der Waals surface area contributed by atoms with Crippen LogP contribution >= 0.6 is 0 Å². The number of hydrogen-bond acceptors (Lipinski definition) is 3. The monoisotopic (exact) mass is 238 g/mol. The molecule has 0 spiro atoms. The van der Waals surface area contributed by atoms with Crippen LogP contribution in [-0.4, -0.2) is 34.7 Å². The molecule has 4 nitrogen and oxygen atoms in total. The summed E-state index contributed by atoms with van der Waals surface area (Å²) in [7, 11) is 1.98. The van der Waals surface area contributed by atoms with Crippen LogP contribution in [0, 0.1) is 5.41 Å². The van der Waals surface area contributed by atoms with Gasteiger partial charge in [-0.05, 0) is 31.7 Å². The van der Waals surface area contributed by atoms with Crippen molar-refractivity contribution in [1.29, 1.82) is 0 Å². The van der Waals surface area contributed by atoms with Gasteiger partial charge in [0.25, 0.3) is 0 Å². The molecule has 0 saturated carbocycles. The molecule has 0 amide bonds. The van der Waals surface area contributed by atoms with Crippen LogP contribution in [0.5, 0.6) is 0 Å².